The summed E-state index contributed by atoms with van der Waals surface area (Å²) in [6, 6.07) is 13.3. The lowest BCUT2D eigenvalue weighted by Gasteiger charge is -2.31. The van der Waals surface area contributed by atoms with Crippen molar-refractivity contribution >= 4 is 40.2 Å². The zero-order chi connectivity index (χ0) is 31.0. The molecule has 10 nitrogen and oxygen atoms in total. The Morgan fingerprint density at radius 2 is 1.43 bits per heavy atom. The molecule has 0 radical (unpaired) electrons. The van der Waals surface area contributed by atoms with Crippen LogP contribution >= 0.6 is 0 Å². The van der Waals surface area contributed by atoms with Crippen molar-refractivity contribution in [2.24, 2.45) is 11.3 Å². The monoisotopic (exact) mass is 573 g/mol. The van der Waals surface area contributed by atoms with Gasteiger partial charge in [0.1, 0.15) is 12.1 Å². The van der Waals surface area contributed by atoms with Gasteiger partial charge in [-0.05, 0) is 29.2 Å². The van der Waals surface area contributed by atoms with Gasteiger partial charge in [-0.3, -0.25) is 29.0 Å². The van der Waals surface area contributed by atoms with Crippen LogP contribution in [0.25, 0.3) is 10.8 Å². The molecule has 3 rings (SSSR count). The van der Waals surface area contributed by atoms with Crippen LogP contribution in [0.2, 0.25) is 0 Å². The van der Waals surface area contributed by atoms with Crippen LogP contribution in [-0.2, 0) is 25.7 Å². The molecule has 0 spiro atoms. The molecule has 42 heavy (non-hydrogen) atoms. The van der Waals surface area contributed by atoms with E-state index in [1.807, 2.05) is 48.5 Å². The van der Waals surface area contributed by atoms with Crippen LogP contribution in [-0.4, -0.2) is 52.5 Å². The molecule has 0 saturated heterocycles. The van der Waals surface area contributed by atoms with Gasteiger partial charge in [0, 0.05) is 24.3 Å². The molecule has 0 saturated carbocycles. The van der Waals surface area contributed by atoms with Gasteiger partial charge >= 0.3 is 0 Å². The summed E-state index contributed by atoms with van der Waals surface area (Å²) in [7, 11) is 0. The SMILES string of the molecule is CC(C)[C@H](NC(=O)[C@H](C)NC(=O)[C@@H](NC(=O)c1cncc2ccccc12)C(C)(C)C)C(=O)C(=O)NCc1ccccc1. The molecule has 1 aromatic heterocycles. The summed E-state index contributed by atoms with van der Waals surface area (Å²) in [5.74, 6) is -3.66. The lowest BCUT2D eigenvalue weighted by Crippen LogP contribution is -2.59. The van der Waals surface area contributed by atoms with E-state index in [2.05, 4.69) is 26.3 Å². The van der Waals surface area contributed by atoms with E-state index in [1.165, 1.54) is 13.1 Å². The first kappa shape index (κ1) is 31.9. The summed E-state index contributed by atoms with van der Waals surface area (Å²) in [5, 5.41) is 12.1. The minimum Gasteiger partial charge on any atom is -0.345 e. The van der Waals surface area contributed by atoms with Gasteiger partial charge in [0.25, 0.3) is 11.8 Å². The van der Waals surface area contributed by atoms with E-state index in [0.717, 1.165) is 10.9 Å². The third-order valence-corrected chi connectivity index (χ3v) is 6.84. The van der Waals surface area contributed by atoms with Gasteiger partial charge in [0.15, 0.2) is 0 Å². The van der Waals surface area contributed by atoms with Crippen molar-refractivity contribution in [2.45, 2.75) is 66.2 Å². The minimum atomic E-state index is -1.09. The van der Waals surface area contributed by atoms with Gasteiger partial charge in [0.2, 0.25) is 17.6 Å². The molecule has 4 amide bonds. The molecule has 0 fully saturated rings. The van der Waals surface area contributed by atoms with Crippen molar-refractivity contribution in [1.82, 2.24) is 26.3 Å². The Hall–Kier alpha value is -4.60. The van der Waals surface area contributed by atoms with Crippen molar-refractivity contribution in [3.05, 3.63) is 78.1 Å². The maximum atomic E-state index is 13.4. The zero-order valence-electron chi connectivity index (χ0n) is 24.9. The highest BCUT2D eigenvalue weighted by Crippen LogP contribution is 2.22. The second kappa shape index (κ2) is 13.8. The smallest absolute Gasteiger partial charge is 0.289 e. The van der Waals surface area contributed by atoms with Crippen molar-refractivity contribution in [2.75, 3.05) is 0 Å². The minimum absolute atomic E-state index is 0.172. The molecule has 0 aliphatic heterocycles. The number of carbonyl (C=O) groups is 5. The number of ketones is 1. The van der Waals surface area contributed by atoms with Gasteiger partial charge in [-0.25, -0.2) is 0 Å². The highest BCUT2D eigenvalue weighted by molar-refractivity contribution is 6.38. The predicted octanol–water partition coefficient (Wildman–Crippen LogP) is 2.91. The first-order valence-corrected chi connectivity index (χ1v) is 13.9. The number of nitrogens with zero attached hydrogens (tertiary/aromatic N) is 1. The van der Waals surface area contributed by atoms with E-state index in [4.69, 9.17) is 0 Å². The number of amides is 4. The Bertz CT molecular complexity index is 1440. The first-order chi connectivity index (χ1) is 19.8. The van der Waals surface area contributed by atoms with Crippen LogP contribution in [0.3, 0.4) is 0 Å². The average Bonchev–Trinajstić information content (AvgIpc) is 2.96. The summed E-state index contributed by atoms with van der Waals surface area (Å²) < 4.78 is 0. The summed E-state index contributed by atoms with van der Waals surface area (Å²) in [5.41, 5.74) is 0.448. The molecule has 3 atom stereocenters. The molecule has 10 heteroatoms. The third kappa shape index (κ3) is 8.22. The second-order valence-electron chi connectivity index (χ2n) is 11.7. The molecule has 222 valence electrons. The Kier molecular flexibility index (Phi) is 10.5. The molecule has 1 heterocycles. The number of rotatable bonds is 11. The van der Waals surface area contributed by atoms with Crippen LogP contribution in [0.15, 0.2) is 67.0 Å². The fourth-order valence-electron chi connectivity index (χ4n) is 4.36. The fraction of sp³-hybridized carbons (Fsp3) is 0.375. The quantitative estimate of drug-likeness (QED) is 0.260. The van der Waals surface area contributed by atoms with Gasteiger partial charge in [0.05, 0.1) is 11.6 Å². The third-order valence-electron chi connectivity index (χ3n) is 6.84. The lowest BCUT2D eigenvalue weighted by atomic mass is 9.85. The van der Waals surface area contributed by atoms with Crippen molar-refractivity contribution in [1.29, 1.82) is 0 Å². The molecular weight excluding hydrogens is 534 g/mol. The predicted molar refractivity (Wildman–Crippen MR) is 160 cm³/mol. The topological polar surface area (TPSA) is 146 Å². The Balaban J connectivity index is 1.66. The molecule has 2 aromatic carbocycles. The number of hydrogen-bond donors (Lipinski definition) is 4. The maximum Gasteiger partial charge on any atom is 0.289 e. The van der Waals surface area contributed by atoms with Gasteiger partial charge in [-0.1, -0.05) is 89.2 Å². The Morgan fingerprint density at radius 1 is 0.786 bits per heavy atom. The van der Waals surface area contributed by atoms with Crippen LogP contribution in [0, 0.1) is 11.3 Å². The van der Waals surface area contributed by atoms with Crippen LogP contribution in [0.5, 0.6) is 0 Å². The largest absolute Gasteiger partial charge is 0.345 e. The average molecular weight is 574 g/mol. The summed E-state index contributed by atoms with van der Waals surface area (Å²) in [6.07, 6.45) is 3.10. The molecule has 0 aliphatic carbocycles. The Labute approximate surface area is 246 Å². The maximum absolute atomic E-state index is 13.4. The number of carbonyl (C=O) groups excluding carboxylic acids is 5. The van der Waals surface area contributed by atoms with Crippen molar-refractivity contribution in [3.8, 4) is 0 Å². The van der Waals surface area contributed by atoms with Crippen molar-refractivity contribution < 1.29 is 24.0 Å². The van der Waals surface area contributed by atoms with Gasteiger partial charge in [-0.2, -0.15) is 0 Å². The molecule has 3 aromatic rings. The normalized spacial score (nSPS) is 13.5. The first-order valence-electron chi connectivity index (χ1n) is 13.9. The number of fused-ring (bicyclic) bond motifs is 1. The zero-order valence-corrected chi connectivity index (χ0v) is 24.9. The van der Waals surface area contributed by atoms with Crippen LogP contribution < -0.4 is 21.3 Å². The van der Waals surface area contributed by atoms with E-state index in [0.29, 0.717) is 10.9 Å². The van der Waals surface area contributed by atoms with E-state index < -0.39 is 53.0 Å². The van der Waals surface area contributed by atoms with Crippen molar-refractivity contribution in [3.63, 3.8) is 0 Å². The lowest BCUT2D eigenvalue weighted by molar-refractivity contribution is -0.141. The molecule has 0 aliphatic rings. The number of aromatic nitrogens is 1. The standard InChI is InChI=1S/C32H39N5O5/c1-19(2)25(26(38)30(41)34-16-21-12-8-7-9-13-21)36-28(39)20(3)35-31(42)27(32(4,5)6)37-29(40)24-18-33-17-22-14-10-11-15-23(22)24/h7-15,17-20,25,27H,16H2,1-6H3,(H,34,41)(H,35,42)(H,36,39)(H,37,40)/t20-,25-,27+/m0/s1. The molecule has 4 N–H and O–H groups in total. The van der Waals surface area contributed by atoms with Crippen LogP contribution in [0.4, 0.5) is 0 Å². The van der Waals surface area contributed by atoms with E-state index in [-0.39, 0.29) is 12.5 Å². The van der Waals surface area contributed by atoms with E-state index in [1.54, 1.807) is 46.9 Å². The summed E-state index contributed by atoms with van der Waals surface area (Å²) >= 11 is 0. The highest BCUT2D eigenvalue weighted by Gasteiger charge is 2.36. The fourth-order valence-corrected chi connectivity index (χ4v) is 4.36. The molecule has 0 unspecified atom stereocenters. The summed E-state index contributed by atoms with van der Waals surface area (Å²) in [6.45, 7) is 10.5. The number of hydrogen-bond acceptors (Lipinski definition) is 6. The van der Waals surface area contributed by atoms with E-state index >= 15 is 0 Å². The van der Waals surface area contributed by atoms with E-state index in [9.17, 15) is 24.0 Å². The highest BCUT2D eigenvalue weighted by atomic mass is 16.2. The number of Topliss-reactive ketones (excluding diaryl/α,β-unsaturated/α-hetero) is 1. The second-order valence-corrected chi connectivity index (χ2v) is 11.7. The number of nitrogens with one attached hydrogen (secondary N) is 4. The number of benzene rings is 2. The number of pyridine rings is 1. The van der Waals surface area contributed by atoms with Crippen LogP contribution in [0.1, 0.15) is 57.5 Å². The molecule has 0 bridgehead atoms. The Morgan fingerprint density at radius 3 is 2.07 bits per heavy atom. The summed E-state index contributed by atoms with van der Waals surface area (Å²) in [4.78, 5) is 69.3. The van der Waals surface area contributed by atoms with Gasteiger partial charge in [-0.15, -0.1) is 0 Å². The van der Waals surface area contributed by atoms with Gasteiger partial charge < -0.3 is 21.3 Å². The molecular formula is C32H39N5O5.